The molecule has 0 spiro atoms. The minimum atomic E-state index is -2.84. The van der Waals surface area contributed by atoms with Crippen molar-refractivity contribution in [1.82, 2.24) is 49.0 Å². The number of alkyl halides is 2. The van der Waals surface area contributed by atoms with Crippen molar-refractivity contribution in [3.05, 3.63) is 70.2 Å². The van der Waals surface area contributed by atoms with E-state index in [0.717, 1.165) is 133 Å². The molecule has 16 nitrogen and oxygen atoms in total. The summed E-state index contributed by atoms with van der Waals surface area (Å²) in [6.07, 6.45) is 11.1. The summed E-state index contributed by atoms with van der Waals surface area (Å²) in [6, 6.07) is 7.50. The van der Waals surface area contributed by atoms with Crippen LogP contribution in [0.3, 0.4) is 0 Å². The first-order chi connectivity index (χ1) is 30.2. The number of fused-ring (bicyclic) bond motifs is 2. The number of hydrogen-bond donors (Lipinski definition) is 3. The fourth-order valence-electron chi connectivity index (χ4n) is 9.92. The Kier molecular flexibility index (Phi) is 12.7. The third kappa shape index (κ3) is 8.99. The topological polar surface area (TPSA) is 161 Å². The molecule has 332 valence electrons. The second-order valence-corrected chi connectivity index (χ2v) is 17.6. The molecule has 1 aliphatic carbocycles. The van der Waals surface area contributed by atoms with Crippen molar-refractivity contribution in [2.24, 2.45) is 18.9 Å². The first-order valence-corrected chi connectivity index (χ1v) is 22.5. The van der Waals surface area contributed by atoms with Gasteiger partial charge in [0.05, 0.1) is 29.0 Å². The number of carbonyl (C=O) groups excluding carboxylic acids is 2. The number of carbonyl (C=O) groups is 2. The Balaban J connectivity index is 0.702. The number of benzene rings is 1. The Bertz CT molecular complexity index is 2420. The number of rotatable bonds is 14. The van der Waals surface area contributed by atoms with Gasteiger partial charge in [0.1, 0.15) is 17.4 Å². The van der Waals surface area contributed by atoms with E-state index in [4.69, 9.17) is 9.72 Å². The summed E-state index contributed by atoms with van der Waals surface area (Å²) >= 11 is 0. The van der Waals surface area contributed by atoms with Gasteiger partial charge in [0.2, 0.25) is 5.91 Å². The lowest BCUT2D eigenvalue weighted by Gasteiger charge is -2.36. The summed E-state index contributed by atoms with van der Waals surface area (Å²) < 4.78 is 41.1. The van der Waals surface area contributed by atoms with Crippen molar-refractivity contribution in [1.29, 1.82) is 0 Å². The lowest BCUT2D eigenvalue weighted by molar-refractivity contribution is -0.125. The molecule has 3 aliphatic heterocycles. The number of nitrogens with zero attached hydrogens (tertiary/aromatic N) is 9. The number of piperidine rings is 2. The van der Waals surface area contributed by atoms with Crippen molar-refractivity contribution < 1.29 is 23.1 Å². The normalized spacial score (nSPS) is 21.9. The van der Waals surface area contributed by atoms with Gasteiger partial charge in [-0.3, -0.25) is 23.4 Å². The average Bonchev–Trinajstić information content (AvgIpc) is 3.99. The van der Waals surface area contributed by atoms with Gasteiger partial charge < -0.3 is 30.5 Å². The van der Waals surface area contributed by atoms with Crippen molar-refractivity contribution in [3.63, 3.8) is 0 Å². The second-order valence-electron chi connectivity index (χ2n) is 17.6. The van der Waals surface area contributed by atoms with Crippen molar-refractivity contribution in [2.45, 2.75) is 82.7 Å². The molecule has 5 aromatic rings. The van der Waals surface area contributed by atoms with Gasteiger partial charge >= 0.3 is 5.69 Å². The standard InChI is InChI=1S/C44H58F2N12O4/c1-53-37-24-29(8-11-35(37)58(44(53)61)36-5-2-15-48-43(36)60)4-3-23-62-28-31-12-18-54(19-13-31)26-30-6-9-32(10-7-30)57-27-34(39(52-57)40(45)46)50-42(59)33-25-49-56-20-14-38(51-41(33)56)55-21-16-47-17-22-55/h8,11,14,20,24-25,27,30-32,36,40,47H,2-7,9-10,12-13,15-19,21-23,26,28H2,1H3,(H,48,60)(H,50,59)/t30-,32-,36?. The van der Waals surface area contributed by atoms with Crippen LogP contribution in [0.1, 0.15) is 97.9 Å². The fraction of sp³-hybridized carbons (Fsp3) is 0.591. The first-order valence-electron chi connectivity index (χ1n) is 22.5. The SMILES string of the molecule is Cn1c(=O)n(C2CCCNC2=O)c2ccc(CCCOCC3CCN(C[C@H]4CC[C@H](n5cc(NC(=O)c6cnn7ccc(N8CCNCC8)nc67)c(C(F)F)n5)CC4)CC3)cc21. The predicted molar refractivity (Wildman–Crippen MR) is 231 cm³/mol. The van der Waals surface area contributed by atoms with Gasteiger partial charge in [0, 0.05) is 71.9 Å². The Hall–Kier alpha value is -5.20. The largest absolute Gasteiger partial charge is 0.381 e. The molecule has 3 saturated heterocycles. The Labute approximate surface area is 359 Å². The van der Waals surface area contributed by atoms with Crippen LogP contribution in [-0.2, 0) is 23.0 Å². The predicted octanol–water partition coefficient (Wildman–Crippen LogP) is 4.72. The van der Waals surface area contributed by atoms with E-state index in [1.807, 2.05) is 12.1 Å². The number of imidazole rings is 1. The molecule has 1 saturated carbocycles. The van der Waals surface area contributed by atoms with Crippen molar-refractivity contribution >= 4 is 40.0 Å². The van der Waals surface area contributed by atoms with E-state index in [9.17, 15) is 23.2 Å². The summed E-state index contributed by atoms with van der Waals surface area (Å²) in [6.45, 7) is 8.52. The molecular formula is C44H58F2N12O4. The molecule has 2 amide bonds. The molecule has 7 heterocycles. The maximum absolute atomic E-state index is 14.3. The molecule has 4 fully saturated rings. The molecule has 1 unspecified atom stereocenters. The molecule has 1 aromatic carbocycles. The minimum Gasteiger partial charge on any atom is -0.381 e. The molecular weight excluding hydrogens is 799 g/mol. The third-order valence-electron chi connectivity index (χ3n) is 13.5. The van der Waals surface area contributed by atoms with Gasteiger partial charge in [0.15, 0.2) is 11.3 Å². The van der Waals surface area contributed by atoms with Crippen LogP contribution in [0.5, 0.6) is 0 Å². The summed E-state index contributed by atoms with van der Waals surface area (Å²) in [5.74, 6) is 1.20. The molecule has 62 heavy (non-hydrogen) atoms. The highest BCUT2D eigenvalue weighted by molar-refractivity contribution is 6.08. The number of likely N-dealkylation sites (tertiary alicyclic amines) is 1. The van der Waals surface area contributed by atoms with E-state index in [2.05, 4.69) is 48.1 Å². The number of hydrogen-bond acceptors (Lipinski definition) is 10. The number of piperazine rings is 1. The first kappa shape index (κ1) is 42.1. The van der Waals surface area contributed by atoms with Gasteiger partial charge in [-0.15, -0.1) is 0 Å². The highest BCUT2D eigenvalue weighted by Crippen LogP contribution is 2.36. The lowest BCUT2D eigenvalue weighted by Crippen LogP contribution is -2.43. The zero-order chi connectivity index (χ0) is 42.7. The number of ether oxygens (including phenoxy) is 1. The van der Waals surface area contributed by atoms with E-state index in [-0.39, 0.29) is 28.9 Å². The minimum absolute atomic E-state index is 0.00734. The second kappa shape index (κ2) is 18.6. The van der Waals surface area contributed by atoms with Crippen LogP contribution in [0.2, 0.25) is 0 Å². The summed E-state index contributed by atoms with van der Waals surface area (Å²) in [7, 11) is 1.77. The van der Waals surface area contributed by atoms with E-state index in [0.29, 0.717) is 37.1 Å². The molecule has 3 N–H and O–H groups in total. The average molecular weight is 857 g/mol. The molecule has 9 rings (SSSR count). The third-order valence-corrected chi connectivity index (χ3v) is 13.5. The van der Waals surface area contributed by atoms with Crippen LogP contribution in [-0.4, -0.2) is 116 Å². The van der Waals surface area contributed by atoms with Crippen molar-refractivity contribution in [2.75, 3.05) is 75.8 Å². The molecule has 4 aromatic heterocycles. The summed E-state index contributed by atoms with van der Waals surface area (Å²) in [4.78, 5) is 48.5. The van der Waals surface area contributed by atoms with E-state index >= 15 is 0 Å². The van der Waals surface area contributed by atoms with Crippen LogP contribution in [0.4, 0.5) is 20.3 Å². The molecule has 0 bridgehead atoms. The van der Waals surface area contributed by atoms with E-state index in [1.165, 1.54) is 10.7 Å². The lowest BCUT2D eigenvalue weighted by atomic mass is 9.85. The number of aryl methyl sites for hydroxylation is 2. The highest BCUT2D eigenvalue weighted by atomic mass is 19.3. The van der Waals surface area contributed by atoms with Crippen LogP contribution < -0.4 is 26.5 Å². The Morgan fingerprint density at radius 2 is 1.77 bits per heavy atom. The van der Waals surface area contributed by atoms with Gasteiger partial charge in [-0.2, -0.15) is 10.2 Å². The zero-order valence-corrected chi connectivity index (χ0v) is 35.5. The highest BCUT2D eigenvalue weighted by Gasteiger charge is 2.31. The van der Waals surface area contributed by atoms with Gasteiger partial charge in [-0.05, 0) is 113 Å². The fourth-order valence-corrected chi connectivity index (χ4v) is 9.92. The van der Waals surface area contributed by atoms with Crippen LogP contribution in [0.15, 0.2) is 47.7 Å². The maximum atomic E-state index is 14.3. The van der Waals surface area contributed by atoms with E-state index in [1.54, 1.807) is 33.3 Å². The zero-order valence-electron chi connectivity index (χ0n) is 35.5. The molecule has 0 radical (unpaired) electrons. The van der Waals surface area contributed by atoms with Crippen molar-refractivity contribution in [3.8, 4) is 0 Å². The summed E-state index contributed by atoms with van der Waals surface area (Å²) in [5.41, 5.74) is 2.82. The van der Waals surface area contributed by atoms with E-state index < -0.39 is 24.1 Å². The van der Waals surface area contributed by atoms with Gasteiger partial charge in [-0.1, -0.05) is 6.07 Å². The Morgan fingerprint density at radius 3 is 2.55 bits per heavy atom. The van der Waals surface area contributed by atoms with Gasteiger partial charge in [0.25, 0.3) is 12.3 Å². The molecule has 18 heteroatoms. The van der Waals surface area contributed by atoms with Crippen LogP contribution >= 0.6 is 0 Å². The van der Waals surface area contributed by atoms with Crippen LogP contribution in [0.25, 0.3) is 16.7 Å². The van der Waals surface area contributed by atoms with Crippen LogP contribution in [0, 0.1) is 11.8 Å². The number of aromatic nitrogens is 7. The molecule has 1 atom stereocenters. The number of halogens is 2. The summed E-state index contributed by atoms with van der Waals surface area (Å²) in [5, 5.41) is 17.5. The monoisotopic (exact) mass is 856 g/mol. The number of anilines is 2. The Morgan fingerprint density at radius 1 is 0.968 bits per heavy atom. The number of amides is 2. The quantitative estimate of drug-likeness (QED) is 0.133. The molecule has 4 aliphatic rings. The smallest absolute Gasteiger partial charge is 0.329 e. The van der Waals surface area contributed by atoms with Gasteiger partial charge in [-0.25, -0.2) is 23.1 Å². The maximum Gasteiger partial charge on any atom is 0.329 e. The number of nitrogens with one attached hydrogen (secondary N) is 3.